The maximum atomic E-state index is 12.2. The number of nitrogens with one attached hydrogen (secondary N) is 1. The minimum Gasteiger partial charge on any atom is -0.350 e. The SMILES string of the molecule is N[C@H]1CC[C@](CNC(=O)c2csnn2)(c2ccccc2)CC1. The van der Waals surface area contributed by atoms with Crippen molar-refractivity contribution in [1.82, 2.24) is 14.9 Å². The lowest BCUT2D eigenvalue weighted by atomic mass is 9.68. The number of carbonyl (C=O) groups excluding carboxylic acids is 1. The van der Waals surface area contributed by atoms with Crippen LogP contribution in [0.15, 0.2) is 35.7 Å². The van der Waals surface area contributed by atoms with Crippen molar-refractivity contribution in [3.63, 3.8) is 0 Å². The van der Waals surface area contributed by atoms with E-state index in [1.165, 1.54) is 17.1 Å². The monoisotopic (exact) mass is 316 g/mol. The van der Waals surface area contributed by atoms with Crippen LogP contribution in [0.4, 0.5) is 0 Å². The van der Waals surface area contributed by atoms with Crippen LogP contribution >= 0.6 is 11.5 Å². The topological polar surface area (TPSA) is 80.9 Å². The largest absolute Gasteiger partial charge is 0.350 e. The highest BCUT2D eigenvalue weighted by molar-refractivity contribution is 7.03. The van der Waals surface area contributed by atoms with E-state index in [2.05, 4.69) is 39.2 Å². The molecule has 1 saturated carbocycles. The third-order valence-corrected chi connectivity index (χ3v) is 5.06. The molecule has 0 atom stereocenters. The van der Waals surface area contributed by atoms with Crippen LogP contribution in [-0.2, 0) is 5.41 Å². The van der Waals surface area contributed by atoms with Crippen LogP contribution in [0.3, 0.4) is 0 Å². The molecule has 0 saturated heterocycles. The van der Waals surface area contributed by atoms with Gasteiger partial charge in [-0.2, -0.15) is 0 Å². The normalized spacial score (nSPS) is 24.9. The van der Waals surface area contributed by atoms with Crippen LogP contribution in [0.1, 0.15) is 41.7 Å². The molecule has 1 fully saturated rings. The summed E-state index contributed by atoms with van der Waals surface area (Å²) in [5.74, 6) is -0.154. The van der Waals surface area contributed by atoms with Gasteiger partial charge in [0.05, 0.1) is 0 Å². The first-order chi connectivity index (χ1) is 10.7. The lowest BCUT2D eigenvalue weighted by Gasteiger charge is -2.40. The first kappa shape index (κ1) is 15.1. The van der Waals surface area contributed by atoms with Crippen LogP contribution in [0.25, 0.3) is 0 Å². The Bertz CT molecular complexity index is 606. The molecule has 116 valence electrons. The second-order valence-electron chi connectivity index (χ2n) is 5.96. The Morgan fingerprint density at radius 1 is 1.32 bits per heavy atom. The Hall–Kier alpha value is -1.79. The number of hydrogen-bond acceptors (Lipinski definition) is 5. The van der Waals surface area contributed by atoms with E-state index in [0.717, 1.165) is 25.7 Å². The van der Waals surface area contributed by atoms with Gasteiger partial charge >= 0.3 is 0 Å². The van der Waals surface area contributed by atoms with E-state index < -0.39 is 0 Å². The predicted molar refractivity (Wildman–Crippen MR) is 86.8 cm³/mol. The summed E-state index contributed by atoms with van der Waals surface area (Å²) in [6.45, 7) is 0.611. The molecule has 0 unspecified atom stereocenters. The molecule has 0 aliphatic heterocycles. The number of hydrogen-bond donors (Lipinski definition) is 2. The van der Waals surface area contributed by atoms with Crippen molar-refractivity contribution in [2.24, 2.45) is 5.73 Å². The summed E-state index contributed by atoms with van der Waals surface area (Å²) in [4.78, 5) is 12.2. The molecule has 1 aliphatic carbocycles. The zero-order chi connectivity index (χ0) is 15.4. The molecule has 1 heterocycles. The fourth-order valence-corrected chi connectivity index (χ4v) is 3.59. The van der Waals surface area contributed by atoms with Crippen LogP contribution in [0.2, 0.25) is 0 Å². The van der Waals surface area contributed by atoms with E-state index in [9.17, 15) is 4.79 Å². The molecule has 1 aliphatic rings. The predicted octanol–water partition coefficient (Wildman–Crippen LogP) is 2.11. The Kier molecular flexibility index (Phi) is 4.49. The van der Waals surface area contributed by atoms with Crippen molar-refractivity contribution in [3.8, 4) is 0 Å². The van der Waals surface area contributed by atoms with Crippen LogP contribution in [-0.4, -0.2) is 28.1 Å². The van der Waals surface area contributed by atoms with Gasteiger partial charge in [-0.25, -0.2) is 0 Å². The van der Waals surface area contributed by atoms with Gasteiger partial charge in [0.15, 0.2) is 5.69 Å². The van der Waals surface area contributed by atoms with Gasteiger partial charge < -0.3 is 11.1 Å². The maximum absolute atomic E-state index is 12.2. The van der Waals surface area contributed by atoms with Gasteiger partial charge in [0.25, 0.3) is 5.91 Å². The average molecular weight is 316 g/mol. The summed E-state index contributed by atoms with van der Waals surface area (Å²) in [7, 11) is 0. The second kappa shape index (κ2) is 6.54. The fraction of sp³-hybridized carbons (Fsp3) is 0.438. The van der Waals surface area contributed by atoms with Gasteiger partial charge in [-0.15, -0.1) is 5.10 Å². The van der Waals surface area contributed by atoms with Crippen molar-refractivity contribution >= 4 is 17.4 Å². The highest BCUT2D eigenvalue weighted by Gasteiger charge is 2.36. The van der Waals surface area contributed by atoms with Gasteiger partial charge in [-0.3, -0.25) is 4.79 Å². The Morgan fingerprint density at radius 2 is 2.05 bits per heavy atom. The van der Waals surface area contributed by atoms with E-state index >= 15 is 0 Å². The molecular formula is C16H20N4OS. The number of benzene rings is 1. The molecule has 0 bridgehead atoms. The minimum atomic E-state index is -0.154. The molecule has 3 rings (SSSR count). The summed E-state index contributed by atoms with van der Waals surface area (Å²) in [5, 5.41) is 8.53. The van der Waals surface area contributed by atoms with Crippen LogP contribution in [0.5, 0.6) is 0 Å². The highest BCUT2D eigenvalue weighted by atomic mass is 32.1. The summed E-state index contributed by atoms with van der Waals surface area (Å²) >= 11 is 1.19. The lowest BCUT2D eigenvalue weighted by molar-refractivity contribution is 0.0930. The smallest absolute Gasteiger partial charge is 0.272 e. The molecule has 1 amide bonds. The third kappa shape index (κ3) is 3.18. The van der Waals surface area contributed by atoms with Crippen molar-refractivity contribution in [2.75, 3.05) is 6.54 Å². The summed E-state index contributed by atoms with van der Waals surface area (Å²) < 4.78 is 3.74. The van der Waals surface area contributed by atoms with Crippen molar-refractivity contribution in [2.45, 2.75) is 37.1 Å². The molecule has 6 heteroatoms. The number of rotatable bonds is 4. The third-order valence-electron chi connectivity index (χ3n) is 4.55. The quantitative estimate of drug-likeness (QED) is 0.905. The van der Waals surface area contributed by atoms with E-state index in [-0.39, 0.29) is 17.4 Å². The maximum Gasteiger partial charge on any atom is 0.272 e. The molecule has 2 aromatic rings. The van der Waals surface area contributed by atoms with Gasteiger partial charge in [0.1, 0.15) is 0 Å². The van der Waals surface area contributed by atoms with E-state index in [1.54, 1.807) is 5.38 Å². The number of nitrogens with two attached hydrogens (primary N) is 1. The number of aromatic nitrogens is 2. The zero-order valence-corrected chi connectivity index (χ0v) is 13.2. The summed E-state index contributed by atoms with van der Waals surface area (Å²) in [5.41, 5.74) is 7.70. The Balaban J connectivity index is 1.76. The fourth-order valence-electron chi connectivity index (χ4n) is 3.16. The number of nitrogens with zero attached hydrogens (tertiary/aromatic N) is 2. The van der Waals surface area contributed by atoms with Crippen LogP contribution < -0.4 is 11.1 Å². The minimum absolute atomic E-state index is 0.0315. The number of carbonyl (C=O) groups is 1. The molecule has 3 N–H and O–H groups in total. The van der Waals surface area contributed by atoms with E-state index in [4.69, 9.17) is 5.73 Å². The van der Waals surface area contributed by atoms with Crippen molar-refractivity contribution in [1.29, 1.82) is 0 Å². The van der Waals surface area contributed by atoms with Gasteiger partial charge in [0, 0.05) is 23.4 Å². The van der Waals surface area contributed by atoms with E-state index in [0.29, 0.717) is 12.2 Å². The molecule has 0 spiro atoms. The lowest BCUT2D eigenvalue weighted by Crippen LogP contribution is -2.45. The van der Waals surface area contributed by atoms with Gasteiger partial charge in [-0.05, 0) is 42.8 Å². The van der Waals surface area contributed by atoms with Gasteiger partial charge in [0.2, 0.25) is 0 Å². The molecule has 0 radical (unpaired) electrons. The average Bonchev–Trinajstić information content (AvgIpc) is 3.10. The Labute approximate surface area is 134 Å². The standard InChI is InChI=1S/C16H20N4OS/c17-13-6-8-16(9-7-13,12-4-2-1-3-5-12)11-18-15(21)14-10-22-20-19-14/h1-5,10,13H,6-9,11,17H2,(H,18,21)/t13-,16-. The molecule has 5 nitrogen and oxygen atoms in total. The molecule has 1 aromatic carbocycles. The van der Waals surface area contributed by atoms with Crippen molar-refractivity contribution in [3.05, 3.63) is 47.0 Å². The summed E-state index contributed by atoms with van der Waals surface area (Å²) in [6.07, 6.45) is 3.97. The van der Waals surface area contributed by atoms with Gasteiger partial charge in [-0.1, -0.05) is 34.8 Å². The number of amides is 1. The highest BCUT2D eigenvalue weighted by Crippen LogP contribution is 2.38. The first-order valence-electron chi connectivity index (χ1n) is 7.56. The van der Waals surface area contributed by atoms with Crippen LogP contribution in [0, 0.1) is 0 Å². The van der Waals surface area contributed by atoms with Crippen molar-refractivity contribution < 1.29 is 4.79 Å². The Morgan fingerprint density at radius 3 is 2.68 bits per heavy atom. The molecular weight excluding hydrogens is 296 g/mol. The zero-order valence-electron chi connectivity index (χ0n) is 12.4. The summed E-state index contributed by atoms with van der Waals surface area (Å²) in [6, 6.07) is 10.7. The second-order valence-corrected chi connectivity index (χ2v) is 6.57. The first-order valence-corrected chi connectivity index (χ1v) is 8.40. The molecule has 1 aromatic heterocycles. The van der Waals surface area contributed by atoms with E-state index in [1.807, 2.05) is 6.07 Å². The molecule has 22 heavy (non-hydrogen) atoms.